The summed E-state index contributed by atoms with van der Waals surface area (Å²) >= 11 is 0. The summed E-state index contributed by atoms with van der Waals surface area (Å²) in [5, 5.41) is 8.79. The molecule has 0 saturated carbocycles. The minimum absolute atomic E-state index is 0.0899. The maximum absolute atomic E-state index is 12.0. The van der Waals surface area contributed by atoms with Crippen molar-refractivity contribution in [1.29, 1.82) is 5.26 Å². The molecule has 86 valence electrons. The van der Waals surface area contributed by atoms with Crippen LogP contribution in [-0.4, -0.2) is 9.13 Å². The molecule has 1 aromatic carbocycles. The van der Waals surface area contributed by atoms with E-state index >= 15 is 0 Å². The minimum atomic E-state index is -0.0899. The number of nitriles is 1. The summed E-state index contributed by atoms with van der Waals surface area (Å²) in [6.45, 7) is 1.88. The van der Waals surface area contributed by atoms with Crippen molar-refractivity contribution in [1.82, 2.24) is 9.13 Å². The molecule has 0 saturated heterocycles. The molecule has 4 nitrogen and oxygen atoms in total. The van der Waals surface area contributed by atoms with E-state index in [2.05, 4.69) is 6.07 Å². The summed E-state index contributed by atoms with van der Waals surface area (Å²) < 4.78 is 3.17. The molecule has 0 aliphatic heterocycles. The number of aryl methyl sites for hydroxylation is 2. The Hall–Kier alpha value is -2.28. The van der Waals surface area contributed by atoms with Crippen LogP contribution >= 0.6 is 0 Å². The first-order chi connectivity index (χ1) is 8.15. The standard InChI is InChI=1S/C13H13N3O/c1-10-9-15(2)13(17)16(10)12-6-4-3-5-11(12)7-8-14/h3-6,9H,7H2,1-2H3. The molecule has 2 aromatic rings. The molecule has 1 aromatic heterocycles. The van der Waals surface area contributed by atoms with Gasteiger partial charge in [0, 0.05) is 18.9 Å². The molecule has 0 bridgehead atoms. The van der Waals surface area contributed by atoms with Gasteiger partial charge < -0.3 is 4.57 Å². The predicted octanol–water partition coefficient (Wildman–Crippen LogP) is 1.55. The highest BCUT2D eigenvalue weighted by atomic mass is 16.1. The number of imidazole rings is 1. The Balaban J connectivity index is 2.69. The monoisotopic (exact) mass is 227 g/mol. The van der Waals surface area contributed by atoms with Gasteiger partial charge in [-0.1, -0.05) is 18.2 Å². The van der Waals surface area contributed by atoms with E-state index in [0.29, 0.717) is 6.42 Å². The lowest BCUT2D eigenvalue weighted by Crippen LogP contribution is -2.22. The fraction of sp³-hybridized carbons (Fsp3) is 0.231. The van der Waals surface area contributed by atoms with Crippen LogP contribution in [0.2, 0.25) is 0 Å². The maximum Gasteiger partial charge on any atom is 0.332 e. The molecule has 2 rings (SSSR count). The van der Waals surface area contributed by atoms with Crippen LogP contribution in [0.15, 0.2) is 35.3 Å². The zero-order valence-corrected chi connectivity index (χ0v) is 9.84. The third-order valence-corrected chi connectivity index (χ3v) is 2.73. The number of hydrogen-bond donors (Lipinski definition) is 0. The molecule has 0 N–H and O–H groups in total. The second-order valence-electron chi connectivity index (χ2n) is 3.96. The highest BCUT2D eigenvalue weighted by Crippen LogP contribution is 2.15. The smallest absolute Gasteiger partial charge is 0.302 e. The quantitative estimate of drug-likeness (QED) is 0.781. The van der Waals surface area contributed by atoms with Gasteiger partial charge >= 0.3 is 5.69 Å². The lowest BCUT2D eigenvalue weighted by Gasteiger charge is -2.08. The van der Waals surface area contributed by atoms with E-state index in [1.54, 1.807) is 22.4 Å². The average molecular weight is 227 g/mol. The number of hydrogen-bond acceptors (Lipinski definition) is 2. The molecular weight excluding hydrogens is 214 g/mol. The Morgan fingerprint density at radius 1 is 1.35 bits per heavy atom. The maximum atomic E-state index is 12.0. The fourth-order valence-corrected chi connectivity index (χ4v) is 1.96. The van der Waals surface area contributed by atoms with Gasteiger partial charge in [-0.25, -0.2) is 4.79 Å². The van der Waals surface area contributed by atoms with Crippen LogP contribution < -0.4 is 5.69 Å². The van der Waals surface area contributed by atoms with Crippen molar-refractivity contribution in [3.8, 4) is 11.8 Å². The van der Waals surface area contributed by atoms with Gasteiger partial charge in [0.1, 0.15) is 0 Å². The normalized spacial score (nSPS) is 10.2. The van der Waals surface area contributed by atoms with Crippen LogP contribution in [0.3, 0.4) is 0 Å². The van der Waals surface area contributed by atoms with Gasteiger partial charge in [-0.3, -0.25) is 4.57 Å². The predicted molar refractivity (Wildman–Crippen MR) is 65.1 cm³/mol. The van der Waals surface area contributed by atoms with Gasteiger partial charge in [0.05, 0.1) is 18.2 Å². The summed E-state index contributed by atoms with van der Waals surface area (Å²) in [4.78, 5) is 12.0. The van der Waals surface area contributed by atoms with Gasteiger partial charge in [-0.05, 0) is 18.6 Å². The van der Waals surface area contributed by atoms with Crippen molar-refractivity contribution >= 4 is 0 Å². The zero-order chi connectivity index (χ0) is 12.4. The Labute approximate surface area is 99.4 Å². The lowest BCUT2D eigenvalue weighted by molar-refractivity contribution is 0.817. The number of aromatic nitrogens is 2. The number of benzene rings is 1. The van der Waals surface area contributed by atoms with Crippen LogP contribution in [0.4, 0.5) is 0 Å². The minimum Gasteiger partial charge on any atom is -0.302 e. The van der Waals surface area contributed by atoms with E-state index in [0.717, 1.165) is 16.9 Å². The highest BCUT2D eigenvalue weighted by Gasteiger charge is 2.10. The third kappa shape index (κ3) is 1.87. The molecule has 17 heavy (non-hydrogen) atoms. The molecule has 0 fully saturated rings. The third-order valence-electron chi connectivity index (χ3n) is 2.73. The van der Waals surface area contributed by atoms with Gasteiger partial charge in [-0.15, -0.1) is 0 Å². The summed E-state index contributed by atoms with van der Waals surface area (Å²) in [6.07, 6.45) is 2.09. The van der Waals surface area contributed by atoms with E-state index in [1.807, 2.05) is 31.2 Å². The van der Waals surface area contributed by atoms with E-state index in [4.69, 9.17) is 5.26 Å². The number of rotatable bonds is 2. The van der Waals surface area contributed by atoms with Gasteiger partial charge in [0.15, 0.2) is 0 Å². The van der Waals surface area contributed by atoms with Crippen molar-refractivity contribution in [3.63, 3.8) is 0 Å². The molecule has 1 heterocycles. The molecule has 0 spiro atoms. The molecular formula is C13H13N3O. The topological polar surface area (TPSA) is 50.7 Å². The molecule has 0 aliphatic rings. The fourth-order valence-electron chi connectivity index (χ4n) is 1.96. The molecule has 0 atom stereocenters. The van der Waals surface area contributed by atoms with Gasteiger partial charge in [-0.2, -0.15) is 5.26 Å². The van der Waals surface area contributed by atoms with Crippen LogP contribution in [0, 0.1) is 18.3 Å². The second-order valence-corrected chi connectivity index (χ2v) is 3.96. The Morgan fingerprint density at radius 3 is 2.65 bits per heavy atom. The Bertz CT molecular complexity index is 643. The van der Waals surface area contributed by atoms with E-state index in [9.17, 15) is 4.79 Å². The molecule has 0 aliphatic carbocycles. The summed E-state index contributed by atoms with van der Waals surface area (Å²) in [5.74, 6) is 0. The van der Waals surface area contributed by atoms with Crippen molar-refractivity contribution in [2.45, 2.75) is 13.3 Å². The Kier molecular flexibility index (Phi) is 2.84. The molecule has 0 unspecified atom stereocenters. The first kappa shape index (κ1) is 11.2. The SMILES string of the molecule is Cc1cn(C)c(=O)n1-c1ccccc1CC#N. The first-order valence-corrected chi connectivity index (χ1v) is 5.35. The summed E-state index contributed by atoms with van der Waals surface area (Å²) in [5.41, 5.74) is 2.43. The largest absolute Gasteiger partial charge is 0.332 e. The lowest BCUT2D eigenvalue weighted by atomic mass is 10.1. The van der Waals surface area contributed by atoms with Crippen LogP contribution in [-0.2, 0) is 13.5 Å². The van der Waals surface area contributed by atoms with Crippen molar-refractivity contribution < 1.29 is 0 Å². The molecule has 0 amide bonds. The van der Waals surface area contributed by atoms with E-state index < -0.39 is 0 Å². The van der Waals surface area contributed by atoms with Crippen molar-refractivity contribution in [3.05, 3.63) is 52.2 Å². The highest BCUT2D eigenvalue weighted by molar-refractivity contribution is 5.43. The first-order valence-electron chi connectivity index (χ1n) is 5.35. The molecule has 4 heteroatoms. The number of para-hydroxylation sites is 1. The van der Waals surface area contributed by atoms with Crippen LogP contribution in [0.5, 0.6) is 0 Å². The van der Waals surface area contributed by atoms with E-state index in [1.165, 1.54) is 0 Å². The van der Waals surface area contributed by atoms with Crippen LogP contribution in [0.1, 0.15) is 11.3 Å². The van der Waals surface area contributed by atoms with E-state index in [-0.39, 0.29) is 5.69 Å². The average Bonchev–Trinajstić information content (AvgIpc) is 2.55. The Morgan fingerprint density at radius 2 is 2.06 bits per heavy atom. The zero-order valence-electron chi connectivity index (χ0n) is 9.84. The van der Waals surface area contributed by atoms with Crippen molar-refractivity contribution in [2.24, 2.45) is 7.05 Å². The van der Waals surface area contributed by atoms with Crippen LogP contribution in [0.25, 0.3) is 5.69 Å². The summed E-state index contributed by atoms with van der Waals surface area (Å²) in [7, 11) is 1.72. The summed E-state index contributed by atoms with van der Waals surface area (Å²) in [6, 6.07) is 9.60. The van der Waals surface area contributed by atoms with Gasteiger partial charge in [0.25, 0.3) is 0 Å². The van der Waals surface area contributed by atoms with Crippen molar-refractivity contribution in [2.75, 3.05) is 0 Å². The van der Waals surface area contributed by atoms with Gasteiger partial charge in [0.2, 0.25) is 0 Å². The molecule has 0 radical (unpaired) electrons. The second kappa shape index (κ2) is 4.30. The number of nitrogens with zero attached hydrogens (tertiary/aromatic N) is 3.